The molecular weight excluding hydrogens is 441 g/mol. The number of hydrogen-bond acceptors (Lipinski definition) is 6. The first-order valence-electron chi connectivity index (χ1n) is 5.43. The summed E-state index contributed by atoms with van der Waals surface area (Å²) in [6, 6.07) is 10.1. The van der Waals surface area contributed by atoms with Gasteiger partial charge in [-0.25, -0.2) is 16.8 Å². The topological polar surface area (TPSA) is 114 Å². The van der Waals surface area contributed by atoms with Crippen molar-refractivity contribution < 1.29 is 45.4 Å². The SMILES string of the molecule is O=S(=O)([O-])c1ccc(Cl)cc1.O=S(=O)([O-])c1ccc(Cl)cc1.[Zn+2]. The van der Waals surface area contributed by atoms with Gasteiger partial charge in [0.05, 0.1) is 9.79 Å². The quantitative estimate of drug-likeness (QED) is 0.515. The van der Waals surface area contributed by atoms with Crippen LogP contribution in [0.3, 0.4) is 0 Å². The standard InChI is InChI=1S/2C6H5ClO3S.Zn/c2*7-5-1-3-6(4-2-5)11(8,9)10;/h2*1-4H,(H,8,9,10);/q;;+2/p-2. The van der Waals surface area contributed by atoms with Gasteiger partial charge in [0, 0.05) is 10.0 Å². The molecule has 0 aromatic heterocycles. The summed E-state index contributed by atoms with van der Waals surface area (Å²) in [6.45, 7) is 0. The summed E-state index contributed by atoms with van der Waals surface area (Å²) in [7, 11) is -8.66. The zero-order valence-electron chi connectivity index (χ0n) is 11.3. The molecule has 2 aromatic rings. The molecule has 0 heterocycles. The molecule has 120 valence electrons. The molecule has 23 heavy (non-hydrogen) atoms. The summed E-state index contributed by atoms with van der Waals surface area (Å²) < 4.78 is 62.1. The van der Waals surface area contributed by atoms with Crippen molar-refractivity contribution in [1.29, 1.82) is 0 Å². The van der Waals surface area contributed by atoms with E-state index in [0.29, 0.717) is 10.0 Å². The molecule has 0 aliphatic carbocycles. The Balaban J connectivity index is 0.000000403. The minimum absolute atomic E-state index is 0. The molecule has 0 radical (unpaired) electrons. The third-order valence-corrected chi connectivity index (χ3v) is 4.41. The van der Waals surface area contributed by atoms with E-state index >= 15 is 0 Å². The van der Waals surface area contributed by atoms with Crippen molar-refractivity contribution in [2.24, 2.45) is 0 Å². The fraction of sp³-hybridized carbons (Fsp3) is 0. The summed E-state index contributed by atoms with van der Waals surface area (Å²) >= 11 is 10.9. The second-order valence-corrected chi connectivity index (χ2v) is 7.45. The monoisotopic (exact) mass is 446 g/mol. The Bertz CT molecular complexity index is 761. The van der Waals surface area contributed by atoms with Gasteiger partial charge in [0.1, 0.15) is 20.2 Å². The van der Waals surface area contributed by atoms with Crippen molar-refractivity contribution in [3.05, 3.63) is 58.6 Å². The zero-order chi connectivity index (χ0) is 17.0. The molecule has 11 heteroatoms. The predicted molar refractivity (Wildman–Crippen MR) is 78.8 cm³/mol. The van der Waals surface area contributed by atoms with Crippen LogP contribution in [0.2, 0.25) is 10.0 Å². The average molecular weight is 449 g/mol. The third kappa shape index (κ3) is 8.21. The zero-order valence-corrected chi connectivity index (χ0v) is 17.5. The van der Waals surface area contributed by atoms with Crippen molar-refractivity contribution in [2.75, 3.05) is 0 Å². The molecule has 0 amide bonds. The molecule has 0 aliphatic rings. The van der Waals surface area contributed by atoms with Gasteiger partial charge in [-0.15, -0.1) is 0 Å². The molecule has 0 N–H and O–H groups in total. The first kappa shape index (κ1) is 22.5. The summed E-state index contributed by atoms with van der Waals surface area (Å²) in [6.07, 6.45) is 0. The second kappa shape index (κ2) is 9.08. The van der Waals surface area contributed by atoms with Crippen LogP contribution < -0.4 is 0 Å². The fourth-order valence-electron chi connectivity index (χ4n) is 1.20. The minimum Gasteiger partial charge on any atom is -0.744 e. The fourth-order valence-corrected chi connectivity index (χ4v) is 2.39. The van der Waals surface area contributed by atoms with Gasteiger partial charge in [0.2, 0.25) is 0 Å². The molecule has 0 fully saturated rings. The van der Waals surface area contributed by atoms with Gasteiger partial charge in [-0.2, -0.15) is 0 Å². The van der Waals surface area contributed by atoms with E-state index in [9.17, 15) is 25.9 Å². The maximum Gasteiger partial charge on any atom is 2.00 e. The van der Waals surface area contributed by atoms with E-state index in [2.05, 4.69) is 0 Å². The van der Waals surface area contributed by atoms with Gasteiger partial charge in [-0.3, -0.25) is 0 Å². The van der Waals surface area contributed by atoms with Crippen molar-refractivity contribution in [2.45, 2.75) is 9.79 Å². The third-order valence-electron chi connectivity index (χ3n) is 2.20. The van der Waals surface area contributed by atoms with Crippen LogP contribution in [0.4, 0.5) is 0 Å². The molecule has 0 saturated heterocycles. The summed E-state index contributed by atoms with van der Waals surface area (Å²) in [5.41, 5.74) is 0. The molecule has 0 atom stereocenters. The number of hydrogen-bond donors (Lipinski definition) is 0. The number of halogens is 2. The summed E-state index contributed by atoms with van der Waals surface area (Å²) in [5, 5.41) is 0.801. The number of benzene rings is 2. The van der Waals surface area contributed by atoms with E-state index in [0.717, 1.165) is 0 Å². The van der Waals surface area contributed by atoms with Crippen LogP contribution in [0, 0.1) is 0 Å². The van der Waals surface area contributed by atoms with Gasteiger partial charge in [0.25, 0.3) is 0 Å². The van der Waals surface area contributed by atoms with E-state index < -0.39 is 20.2 Å². The predicted octanol–water partition coefficient (Wildman–Crippen LogP) is 2.49. The Labute approximate surface area is 156 Å². The van der Waals surface area contributed by atoms with Crippen LogP contribution in [-0.2, 0) is 39.7 Å². The van der Waals surface area contributed by atoms with E-state index in [1.54, 1.807) is 0 Å². The Morgan fingerprint density at radius 2 is 0.826 bits per heavy atom. The van der Waals surface area contributed by atoms with Gasteiger partial charge in [-0.05, 0) is 48.5 Å². The summed E-state index contributed by atoms with van der Waals surface area (Å²) in [5.74, 6) is 0. The Hall–Kier alpha value is -0.537. The Kier molecular flexibility index (Phi) is 8.87. The molecule has 0 saturated carbocycles. The van der Waals surface area contributed by atoms with Crippen LogP contribution in [0.5, 0.6) is 0 Å². The van der Waals surface area contributed by atoms with Gasteiger partial charge in [-0.1, -0.05) is 23.2 Å². The normalized spacial score (nSPS) is 11.0. The molecule has 0 unspecified atom stereocenters. The molecule has 6 nitrogen and oxygen atoms in total. The molecule has 0 aliphatic heterocycles. The van der Waals surface area contributed by atoms with Crippen molar-refractivity contribution >= 4 is 43.4 Å². The first-order valence-corrected chi connectivity index (χ1v) is 9.00. The van der Waals surface area contributed by atoms with E-state index in [-0.39, 0.29) is 29.3 Å². The number of rotatable bonds is 2. The van der Waals surface area contributed by atoms with Crippen LogP contribution in [0.1, 0.15) is 0 Å². The maximum atomic E-state index is 10.3. The molecule has 0 bridgehead atoms. The Morgan fingerprint density at radius 3 is 1.00 bits per heavy atom. The van der Waals surface area contributed by atoms with E-state index in [4.69, 9.17) is 23.2 Å². The van der Waals surface area contributed by atoms with Gasteiger partial charge < -0.3 is 9.11 Å². The molecule has 2 aromatic carbocycles. The van der Waals surface area contributed by atoms with Crippen LogP contribution in [-0.4, -0.2) is 25.9 Å². The van der Waals surface area contributed by atoms with Gasteiger partial charge in [0.15, 0.2) is 0 Å². The smallest absolute Gasteiger partial charge is 0.744 e. The van der Waals surface area contributed by atoms with Crippen LogP contribution in [0.25, 0.3) is 0 Å². The van der Waals surface area contributed by atoms with E-state index in [1.807, 2.05) is 0 Å². The van der Waals surface area contributed by atoms with Crippen molar-refractivity contribution in [1.82, 2.24) is 0 Å². The van der Waals surface area contributed by atoms with Crippen molar-refractivity contribution in [3.8, 4) is 0 Å². The van der Waals surface area contributed by atoms with Crippen molar-refractivity contribution in [3.63, 3.8) is 0 Å². The molecular formula is C12H8Cl2O6S2Zn. The average Bonchev–Trinajstić information content (AvgIpc) is 2.38. The second-order valence-electron chi connectivity index (χ2n) is 3.82. The first-order chi connectivity index (χ1) is 10.00. The van der Waals surface area contributed by atoms with Gasteiger partial charge >= 0.3 is 19.5 Å². The van der Waals surface area contributed by atoms with Crippen LogP contribution in [0.15, 0.2) is 58.3 Å². The molecule has 2 rings (SSSR count). The summed E-state index contributed by atoms with van der Waals surface area (Å²) in [4.78, 5) is -0.524. The Morgan fingerprint density at radius 1 is 0.609 bits per heavy atom. The largest absolute Gasteiger partial charge is 2.00 e. The molecule has 0 spiro atoms. The maximum absolute atomic E-state index is 10.3. The van der Waals surface area contributed by atoms with E-state index in [1.165, 1.54) is 48.5 Å². The minimum atomic E-state index is -4.33. The van der Waals surface area contributed by atoms with Crippen LogP contribution >= 0.6 is 23.2 Å².